The maximum atomic E-state index is 5.67. The number of nitrogens with two attached hydrogens (primary N) is 1. The fourth-order valence-electron chi connectivity index (χ4n) is 2.14. The van der Waals surface area contributed by atoms with E-state index in [1.54, 1.807) is 0 Å². The molecule has 0 radical (unpaired) electrons. The van der Waals surface area contributed by atoms with Crippen molar-refractivity contribution >= 4 is 11.3 Å². The Morgan fingerprint density at radius 3 is 2.27 bits per heavy atom. The van der Waals surface area contributed by atoms with Crippen LogP contribution >= 0.6 is 0 Å². The van der Waals surface area contributed by atoms with Crippen molar-refractivity contribution < 1.29 is 0 Å². The summed E-state index contributed by atoms with van der Waals surface area (Å²) in [5, 5.41) is 0. The number of nitrogen functional groups attached to an aromatic ring is 1. The Kier molecular flexibility index (Phi) is 2.18. The van der Waals surface area contributed by atoms with Crippen LogP contribution in [0.3, 0.4) is 0 Å². The molecule has 15 heavy (non-hydrogen) atoms. The predicted octanol–water partition coefficient (Wildman–Crippen LogP) is 3.64. The normalized spacial score (nSPS) is 19.1. The van der Waals surface area contributed by atoms with E-state index in [-0.39, 0.29) is 5.41 Å². The highest BCUT2D eigenvalue weighted by atomic mass is 14.5. The second kappa shape index (κ2) is 3.27. The van der Waals surface area contributed by atoms with Gasteiger partial charge < -0.3 is 5.73 Å². The number of hydrogen-bond acceptors (Lipinski definition) is 1. The quantitative estimate of drug-likeness (QED) is 0.686. The summed E-state index contributed by atoms with van der Waals surface area (Å²) in [5.74, 6) is 0. The second-order valence-corrected chi connectivity index (χ2v) is 4.95. The lowest BCUT2D eigenvalue weighted by Gasteiger charge is -2.12. The van der Waals surface area contributed by atoms with Gasteiger partial charge in [0.05, 0.1) is 0 Å². The van der Waals surface area contributed by atoms with Crippen LogP contribution in [0.25, 0.3) is 5.57 Å². The largest absolute Gasteiger partial charge is 0.399 e. The highest BCUT2D eigenvalue weighted by molar-refractivity contribution is 5.82. The van der Waals surface area contributed by atoms with E-state index in [1.165, 1.54) is 16.7 Å². The molecule has 1 nitrogen and oxygen atoms in total. The number of hydrogen-bond donors (Lipinski definition) is 1. The van der Waals surface area contributed by atoms with Crippen LogP contribution in [0.2, 0.25) is 0 Å². The summed E-state index contributed by atoms with van der Waals surface area (Å²) in [6.07, 6.45) is 3.35. The monoisotopic (exact) mass is 199 g/mol. The van der Waals surface area contributed by atoms with E-state index in [1.807, 2.05) is 12.1 Å². The maximum Gasteiger partial charge on any atom is 0.0314 e. The molecule has 0 saturated heterocycles. The molecule has 0 spiro atoms. The van der Waals surface area contributed by atoms with Crippen LogP contribution in [0, 0.1) is 5.41 Å². The smallest absolute Gasteiger partial charge is 0.0314 e. The van der Waals surface area contributed by atoms with Gasteiger partial charge >= 0.3 is 0 Å². The fraction of sp³-hybridized carbons (Fsp3) is 0.286. The Hall–Kier alpha value is -1.50. The van der Waals surface area contributed by atoms with E-state index in [9.17, 15) is 0 Å². The molecule has 0 aromatic heterocycles. The zero-order chi connectivity index (χ0) is 11.1. The van der Waals surface area contributed by atoms with Crippen molar-refractivity contribution in [2.24, 2.45) is 5.41 Å². The first kappa shape index (κ1) is 10.0. The molecule has 0 bridgehead atoms. The third-order valence-corrected chi connectivity index (χ3v) is 2.81. The fourth-order valence-corrected chi connectivity index (χ4v) is 2.14. The zero-order valence-electron chi connectivity index (χ0n) is 9.38. The summed E-state index contributed by atoms with van der Waals surface area (Å²) in [6, 6.07) is 8.00. The van der Waals surface area contributed by atoms with E-state index in [0.29, 0.717) is 0 Å². The molecule has 2 N–H and O–H groups in total. The van der Waals surface area contributed by atoms with Crippen LogP contribution in [0.1, 0.15) is 25.8 Å². The standard InChI is InChI=1S/C14H17N/c1-10-8-14(2,3)9-13(10)11-4-6-12(15)7-5-11/h4-7,9H,1,8,15H2,2-3H3. The van der Waals surface area contributed by atoms with Gasteiger partial charge in [-0.25, -0.2) is 0 Å². The Bertz CT molecular complexity index is 421. The van der Waals surface area contributed by atoms with Gasteiger partial charge in [0.25, 0.3) is 0 Å². The molecule has 78 valence electrons. The summed E-state index contributed by atoms with van der Waals surface area (Å²) in [7, 11) is 0. The highest BCUT2D eigenvalue weighted by Crippen LogP contribution is 2.42. The van der Waals surface area contributed by atoms with Crippen molar-refractivity contribution in [2.75, 3.05) is 5.73 Å². The van der Waals surface area contributed by atoms with Gasteiger partial charge in [0, 0.05) is 5.69 Å². The summed E-state index contributed by atoms with van der Waals surface area (Å²) < 4.78 is 0. The summed E-state index contributed by atoms with van der Waals surface area (Å²) in [4.78, 5) is 0. The SMILES string of the molecule is C=C1CC(C)(C)C=C1c1ccc(N)cc1. The molecule has 0 aliphatic heterocycles. The molecule has 1 aromatic carbocycles. The van der Waals surface area contributed by atoms with Gasteiger partial charge in [0.1, 0.15) is 0 Å². The van der Waals surface area contributed by atoms with Gasteiger partial charge in [-0.3, -0.25) is 0 Å². The average Bonchev–Trinajstić information content (AvgIpc) is 2.41. The lowest BCUT2D eigenvalue weighted by atomic mass is 9.93. The molecule has 2 rings (SSSR count). The Morgan fingerprint density at radius 2 is 1.80 bits per heavy atom. The molecule has 0 fully saturated rings. The van der Waals surface area contributed by atoms with Gasteiger partial charge in [-0.05, 0) is 40.7 Å². The topological polar surface area (TPSA) is 26.0 Å². The van der Waals surface area contributed by atoms with Crippen LogP contribution in [0.5, 0.6) is 0 Å². The number of rotatable bonds is 1. The first-order chi connectivity index (χ1) is 6.98. The summed E-state index contributed by atoms with van der Waals surface area (Å²) in [6.45, 7) is 8.61. The molecular formula is C14H17N. The Balaban J connectivity index is 2.40. The van der Waals surface area contributed by atoms with Crippen LogP contribution < -0.4 is 5.73 Å². The first-order valence-corrected chi connectivity index (χ1v) is 5.25. The van der Waals surface area contributed by atoms with Gasteiger partial charge in [0.2, 0.25) is 0 Å². The van der Waals surface area contributed by atoms with E-state index in [2.05, 4.69) is 38.6 Å². The number of benzene rings is 1. The average molecular weight is 199 g/mol. The molecule has 1 aromatic rings. The minimum Gasteiger partial charge on any atom is -0.399 e. The van der Waals surface area contributed by atoms with Crippen molar-refractivity contribution in [1.29, 1.82) is 0 Å². The molecule has 0 atom stereocenters. The van der Waals surface area contributed by atoms with Crippen molar-refractivity contribution in [3.63, 3.8) is 0 Å². The van der Waals surface area contributed by atoms with Crippen molar-refractivity contribution in [3.8, 4) is 0 Å². The molecule has 1 aliphatic carbocycles. The first-order valence-electron chi connectivity index (χ1n) is 5.25. The molecule has 1 aliphatic rings. The van der Waals surface area contributed by atoms with Crippen LogP contribution in [0.15, 0.2) is 42.5 Å². The molecule has 1 heteroatoms. The van der Waals surface area contributed by atoms with Crippen molar-refractivity contribution in [3.05, 3.63) is 48.1 Å². The molecular weight excluding hydrogens is 182 g/mol. The third kappa shape index (κ3) is 1.96. The lowest BCUT2D eigenvalue weighted by molar-refractivity contribution is 0.500. The Morgan fingerprint density at radius 1 is 1.20 bits per heavy atom. The molecule has 0 amide bonds. The van der Waals surface area contributed by atoms with Crippen LogP contribution in [-0.2, 0) is 0 Å². The summed E-state index contributed by atoms with van der Waals surface area (Å²) >= 11 is 0. The molecule has 0 heterocycles. The van der Waals surface area contributed by atoms with Gasteiger partial charge in [0.15, 0.2) is 0 Å². The molecule has 0 unspecified atom stereocenters. The Labute approximate surface area is 91.3 Å². The van der Waals surface area contributed by atoms with E-state index >= 15 is 0 Å². The number of anilines is 1. The minimum atomic E-state index is 0.244. The third-order valence-electron chi connectivity index (χ3n) is 2.81. The summed E-state index contributed by atoms with van der Waals surface area (Å²) in [5.41, 5.74) is 10.4. The lowest BCUT2D eigenvalue weighted by Crippen LogP contribution is -2.00. The number of allylic oxidation sites excluding steroid dienone is 3. The van der Waals surface area contributed by atoms with Crippen LogP contribution in [0.4, 0.5) is 5.69 Å². The minimum absolute atomic E-state index is 0.244. The molecule has 0 saturated carbocycles. The highest BCUT2D eigenvalue weighted by Gasteiger charge is 2.26. The van der Waals surface area contributed by atoms with E-state index < -0.39 is 0 Å². The zero-order valence-corrected chi connectivity index (χ0v) is 9.38. The predicted molar refractivity (Wildman–Crippen MR) is 66.4 cm³/mol. The van der Waals surface area contributed by atoms with Gasteiger partial charge in [-0.15, -0.1) is 0 Å². The van der Waals surface area contributed by atoms with Crippen molar-refractivity contribution in [2.45, 2.75) is 20.3 Å². The van der Waals surface area contributed by atoms with Gasteiger partial charge in [-0.2, -0.15) is 0 Å². The van der Waals surface area contributed by atoms with E-state index in [0.717, 1.165) is 12.1 Å². The maximum absolute atomic E-state index is 5.67. The van der Waals surface area contributed by atoms with Gasteiger partial charge in [-0.1, -0.05) is 38.6 Å². The van der Waals surface area contributed by atoms with E-state index in [4.69, 9.17) is 5.73 Å². The second-order valence-electron chi connectivity index (χ2n) is 4.95. The van der Waals surface area contributed by atoms with Crippen molar-refractivity contribution in [1.82, 2.24) is 0 Å². The van der Waals surface area contributed by atoms with Crippen LogP contribution in [-0.4, -0.2) is 0 Å².